The summed E-state index contributed by atoms with van der Waals surface area (Å²) in [4.78, 5) is 26.8. The monoisotopic (exact) mass is 349 g/mol. The molecule has 0 fully saturated rings. The zero-order chi connectivity index (χ0) is 18.9. The summed E-state index contributed by atoms with van der Waals surface area (Å²) < 4.78 is 0. The molecule has 2 rings (SSSR count). The highest BCUT2D eigenvalue weighted by Gasteiger charge is 2.14. The van der Waals surface area contributed by atoms with E-state index >= 15 is 0 Å². The van der Waals surface area contributed by atoms with Crippen molar-refractivity contribution in [3.05, 3.63) is 84.1 Å². The van der Waals surface area contributed by atoms with E-state index in [0.29, 0.717) is 12.1 Å². The number of anilines is 1. The third-order valence-electron chi connectivity index (χ3n) is 3.66. The maximum atomic E-state index is 12.4. The number of nitrogens with one attached hydrogen (secondary N) is 2. The number of carbonyl (C=O) groups excluding carboxylic acids is 2. The number of nitrogens with zero attached hydrogens (tertiary/aromatic N) is 1. The minimum absolute atomic E-state index is 0.179. The van der Waals surface area contributed by atoms with Crippen molar-refractivity contribution in [2.75, 3.05) is 25.5 Å². The van der Waals surface area contributed by atoms with Crippen LogP contribution >= 0.6 is 0 Å². The van der Waals surface area contributed by atoms with E-state index in [0.717, 1.165) is 11.3 Å². The second-order valence-corrected chi connectivity index (χ2v) is 5.86. The molecular weight excluding hydrogens is 326 g/mol. The minimum Gasteiger partial charge on any atom is -0.378 e. The van der Waals surface area contributed by atoms with Gasteiger partial charge in [-0.2, -0.15) is 0 Å². The highest BCUT2D eigenvalue weighted by molar-refractivity contribution is 6.05. The van der Waals surface area contributed by atoms with Crippen LogP contribution in [0.2, 0.25) is 0 Å². The number of amides is 2. The Labute approximate surface area is 154 Å². The summed E-state index contributed by atoms with van der Waals surface area (Å²) in [6.07, 6.45) is 3.24. The maximum absolute atomic E-state index is 12.4. The van der Waals surface area contributed by atoms with Gasteiger partial charge in [-0.05, 0) is 35.9 Å². The Kier molecular flexibility index (Phi) is 6.74. The van der Waals surface area contributed by atoms with Gasteiger partial charge >= 0.3 is 0 Å². The van der Waals surface area contributed by atoms with Crippen molar-refractivity contribution in [2.45, 2.75) is 0 Å². The van der Waals surface area contributed by atoms with E-state index in [4.69, 9.17) is 0 Å². The van der Waals surface area contributed by atoms with E-state index in [1.807, 2.05) is 49.3 Å². The average Bonchev–Trinajstić information content (AvgIpc) is 2.66. The number of rotatable bonds is 7. The Morgan fingerprint density at radius 3 is 2.27 bits per heavy atom. The minimum atomic E-state index is -0.370. The fourth-order valence-corrected chi connectivity index (χ4v) is 2.24. The van der Waals surface area contributed by atoms with E-state index in [9.17, 15) is 9.59 Å². The van der Waals surface area contributed by atoms with Gasteiger partial charge in [-0.25, -0.2) is 0 Å². The molecular formula is C21H23N3O2. The van der Waals surface area contributed by atoms with Crippen molar-refractivity contribution in [3.63, 3.8) is 0 Å². The van der Waals surface area contributed by atoms with Crippen LogP contribution in [-0.2, 0) is 4.79 Å². The molecule has 0 atom stereocenters. The van der Waals surface area contributed by atoms with Crippen LogP contribution in [0.3, 0.4) is 0 Å². The Morgan fingerprint density at radius 1 is 1.04 bits per heavy atom. The van der Waals surface area contributed by atoms with Crippen LogP contribution in [-0.4, -0.2) is 32.5 Å². The molecule has 134 valence electrons. The van der Waals surface area contributed by atoms with Gasteiger partial charge in [0.2, 0.25) is 0 Å². The molecule has 26 heavy (non-hydrogen) atoms. The molecule has 5 heteroatoms. The van der Waals surface area contributed by atoms with Gasteiger partial charge in [-0.1, -0.05) is 36.4 Å². The van der Waals surface area contributed by atoms with Gasteiger partial charge in [0.15, 0.2) is 0 Å². The average molecular weight is 349 g/mol. The van der Waals surface area contributed by atoms with Crippen molar-refractivity contribution >= 4 is 23.6 Å². The van der Waals surface area contributed by atoms with Gasteiger partial charge in [0.1, 0.15) is 5.70 Å². The third kappa shape index (κ3) is 5.34. The molecule has 0 bridgehead atoms. The van der Waals surface area contributed by atoms with Gasteiger partial charge in [0.05, 0.1) is 0 Å². The first-order valence-corrected chi connectivity index (χ1v) is 8.26. The quantitative estimate of drug-likeness (QED) is 0.597. The summed E-state index contributed by atoms with van der Waals surface area (Å²) >= 11 is 0. The van der Waals surface area contributed by atoms with Crippen LogP contribution in [0.15, 0.2) is 72.9 Å². The molecule has 0 spiro atoms. The molecule has 0 saturated carbocycles. The lowest BCUT2D eigenvalue weighted by atomic mass is 10.1. The fourth-order valence-electron chi connectivity index (χ4n) is 2.24. The molecule has 0 unspecified atom stereocenters. The lowest BCUT2D eigenvalue weighted by Crippen LogP contribution is -2.34. The first-order valence-electron chi connectivity index (χ1n) is 8.26. The number of benzene rings is 2. The summed E-state index contributed by atoms with van der Waals surface area (Å²) in [5.41, 5.74) is 2.53. The van der Waals surface area contributed by atoms with E-state index in [2.05, 4.69) is 17.2 Å². The predicted octanol–water partition coefficient (Wildman–Crippen LogP) is 2.83. The van der Waals surface area contributed by atoms with Crippen LogP contribution in [0.1, 0.15) is 15.9 Å². The van der Waals surface area contributed by atoms with Crippen molar-refractivity contribution in [2.24, 2.45) is 0 Å². The molecule has 0 heterocycles. The van der Waals surface area contributed by atoms with Gasteiger partial charge in [-0.3, -0.25) is 9.59 Å². The van der Waals surface area contributed by atoms with Crippen LogP contribution < -0.4 is 15.5 Å². The van der Waals surface area contributed by atoms with Crippen molar-refractivity contribution in [3.8, 4) is 0 Å². The molecule has 0 aliphatic rings. The normalized spacial score (nSPS) is 10.8. The predicted molar refractivity (Wildman–Crippen MR) is 106 cm³/mol. The maximum Gasteiger partial charge on any atom is 0.268 e. The zero-order valence-electron chi connectivity index (χ0n) is 15.0. The molecule has 2 amide bonds. The second kappa shape index (κ2) is 9.22. The molecule has 2 N–H and O–H groups in total. The molecule has 0 radical (unpaired) electrons. The van der Waals surface area contributed by atoms with Gasteiger partial charge in [0.25, 0.3) is 11.8 Å². The van der Waals surface area contributed by atoms with Crippen molar-refractivity contribution < 1.29 is 9.59 Å². The summed E-state index contributed by atoms with van der Waals surface area (Å²) in [5.74, 6) is -0.707. The molecule has 2 aromatic carbocycles. The standard InChI is InChI=1S/C21H23N3O2/c1-4-14-22-21(26)19(23-20(25)17-8-6-5-7-9-17)15-16-10-12-18(13-11-16)24(2)3/h4-13,15H,1,14H2,2-3H3,(H,22,26)(H,23,25)/b19-15+. The van der Waals surface area contributed by atoms with Crippen LogP contribution in [0, 0.1) is 0 Å². The van der Waals surface area contributed by atoms with Crippen LogP contribution in [0.25, 0.3) is 6.08 Å². The Bertz CT molecular complexity index is 794. The number of carbonyl (C=O) groups is 2. The SMILES string of the molecule is C=CCNC(=O)/C(=C\c1ccc(N(C)C)cc1)NC(=O)c1ccccc1. The molecule has 5 nitrogen and oxygen atoms in total. The van der Waals surface area contributed by atoms with Crippen LogP contribution in [0.5, 0.6) is 0 Å². The molecule has 0 aliphatic carbocycles. The van der Waals surface area contributed by atoms with E-state index in [-0.39, 0.29) is 17.5 Å². The first kappa shape index (κ1) is 19.0. The summed E-state index contributed by atoms with van der Waals surface area (Å²) in [7, 11) is 3.91. The first-order chi connectivity index (χ1) is 12.5. The Hall–Kier alpha value is -3.34. The lowest BCUT2D eigenvalue weighted by molar-refractivity contribution is -0.117. The Morgan fingerprint density at radius 2 is 1.69 bits per heavy atom. The van der Waals surface area contributed by atoms with Gasteiger partial charge in [0, 0.05) is 31.9 Å². The van der Waals surface area contributed by atoms with Crippen LogP contribution in [0.4, 0.5) is 5.69 Å². The molecule has 0 saturated heterocycles. The molecule has 0 aromatic heterocycles. The molecule has 2 aromatic rings. The Balaban J connectivity index is 2.26. The summed E-state index contributed by atoms with van der Waals surface area (Å²) in [5, 5.41) is 5.38. The second-order valence-electron chi connectivity index (χ2n) is 5.86. The van der Waals surface area contributed by atoms with E-state index in [1.54, 1.807) is 36.4 Å². The topological polar surface area (TPSA) is 61.4 Å². The highest BCUT2D eigenvalue weighted by atomic mass is 16.2. The van der Waals surface area contributed by atoms with Crippen molar-refractivity contribution in [1.82, 2.24) is 10.6 Å². The number of hydrogen-bond donors (Lipinski definition) is 2. The van der Waals surface area contributed by atoms with Crippen molar-refractivity contribution in [1.29, 1.82) is 0 Å². The fraction of sp³-hybridized carbons (Fsp3) is 0.143. The third-order valence-corrected chi connectivity index (χ3v) is 3.66. The zero-order valence-corrected chi connectivity index (χ0v) is 15.0. The lowest BCUT2D eigenvalue weighted by Gasteiger charge is -2.13. The summed E-state index contributed by atoms with van der Waals surface area (Å²) in [6, 6.07) is 16.5. The van der Waals surface area contributed by atoms with Gasteiger partial charge < -0.3 is 15.5 Å². The summed E-state index contributed by atoms with van der Waals surface area (Å²) in [6.45, 7) is 3.90. The van der Waals surface area contributed by atoms with Gasteiger partial charge in [-0.15, -0.1) is 6.58 Å². The van der Waals surface area contributed by atoms with E-state index < -0.39 is 0 Å². The molecule has 0 aliphatic heterocycles. The highest BCUT2D eigenvalue weighted by Crippen LogP contribution is 2.14. The largest absolute Gasteiger partial charge is 0.378 e. The number of hydrogen-bond acceptors (Lipinski definition) is 3. The smallest absolute Gasteiger partial charge is 0.268 e. The van der Waals surface area contributed by atoms with E-state index in [1.165, 1.54) is 0 Å².